The fourth-order valence-electron chi connectivity index (χ4n) is 1.89. The molecule has 1 aromatic rings. The Balaban J connectivity index is 2.14. The molecular weight excluding hydrogens is 255 g/mol. The molecule has 1 heterocycles. The van der Waals surface area contributed by atoms with Crippen LogP contribution in [0.2, 0.25) is 0 Å². The van der Waals surface area contributed by atoms with E-state index in [0.29, 0.717) is 12.2 Å². The number of hydrogen-bond donors (Lipinski definition) is 2. The van der Waals surface area contributed by atoms with Gasteiger partial charge < -0.3 is 16.0 Å². The largest absolute Gasteiger partial charge is 0.416 e. The van der Waals surface area contributed by atoms with Crippen LogP contribution >= 0.6 is 0 Å². The molecule has 1 radical (unpaired) electrons. The molecule has 0 unspecified atom stereocenters. The first-order valence-corrected chi connectivity index (χ1v) is 6.03. The lowest BCUT2D eigenvalue weighted by atomic mass is 10.0. The Morgan fingerprint density at radius 3 is 2.53 bits per heavy atom. The van der Waals surface area contributed by atoms with E-state index in [1.54, 1.807) is 6.67 Å². The maximum atomic E-state index is 12.6. The molecule has 0 amide bonds. The minimum absolute atomic E-state index is 0.303. The van der Waals surface area contributed by atoms with E-state index in [-0.39, 0.29) is 5.54 Å². The summed E-state index contributed by atoms with van der Waals surface area (Å²) in [6, 6.07) is 3.71. The van der Waals surface area contributed by atoms with E-state index in [9.17, 15) is 13.2 Å². The molecular formula is C13H17F3N3. The van der Waals surface area contributed by atoms with Crippen molar-refractivity contribution in [3.8, 4) is 0 Å². The minimum atomic E-state index is -4.32. The third-order valence-electron chi connectivity index (χ3n) is 3.01. The first kappa shape index (κ1) is 14.0. The molecule has 1 aliphatic rings. The third-order valence-corrected chi connectivity index (χ3v) is 3.01. The Morgan fingerprint density at radius 2 is 1.95 bits per heavy atom. The van der Waals surface area contributed by atoms with Crippen LogP contribution in [-0.4, -0.2) is 12.1 Å². The second-order valence-corrected chi connectivity index (χ2v) is 5.44. The summed E-state index contributed by atoms with van der Waals surface area (Å²) in [6.07, 6.45) is -3.57. The summed E-state index contributed by atoms with van der Waals surface area (Å²) in [4.78, 5) is 1.88. The van der Waals surface area contributed by atoms with Crippen molar-refractivity contribution >= 4 is 11.4 Å². The molecule has 19 heavy (non-hydrogen) atoms. The number of nitrogens with zero attached hydrogens (tertiary/aromatic N) is 1. The number of halogens is 3. The minimum Gasteiger partial charge on any atom is -0.360 e. The van der Waals surface area contributed by atoms with E-state index in [0.717, 1.165) is 24.2 Å². The average molecular weight is 272 g/mol. The van der Waals surface area contributed by atoms with Gasteiger partial charge in [-0.25, -0.2) is 0 Å². The maximum Gasteiger partial charge on any atom is 0.416 e. The van der Waals surface area contributed by atoms with Crippen LogP contribution in [-0.2, 0) is 6.18 Å². The lowest BCUT2D eigenvalue weighted by molar-refractivity contribution is -0.137. The van der Waals surface area contributed by atoms with Gasteiger partial charge in [-0.2, -0.15) is 13.2 Å². The number of nitrogens with one attached hydrogen (secondary N) is 1. The topological polar surface area (TPSA) is 41.3 Å². The number of hydrogen-bond acceptors (Lipinski definition) is 3. The van der Waals surface area contributed by atoms with Crippen molar-refractivity contribution in [3.63, 3.8) is 0 Å². The van der Waals surface area contributed by atoms with Crippen molar-refractivity contribution in [3.05, 3.63) is 30.4 Å². The molecule has 0 fully saturated rings. The summed E-state index contributed by atoms with van der Waals surface area (Å²) < 4.78 is 37.8. The number of rotatable bonds is 3. The summed E-state index contributed by atoms with van der Waals surface area (Å²) >= 11 is 0. The van der Waals surface area contributed by atoms with Gasteiger partial charge in [0.25, 0.3) is 0 Å². The zero-order valence-electron chi connectivity index (χ0n) is 10.9. The summed E-state index contributed by atoms with van der Waals surface area (Å²) in [5.74, 6) is 0. The molecule has 0 atom stereocenters. The van der Waals surface area contributed by atoms with Crippen LogP contribution < -0.4 is 16.0 Å². The van der Waals surface area contributed by atoms with Gasteiger partial charge in [-0.15, -0.1) is 0 Å². The van der Waals surface area contributed by atoms with Gasteiger partial charge in [0.05, 0.1) is 16.9 Å². The van der Waals surface area contributed by atoms with Gasteiger partial charge in [0.15, 0.2) is 0 Å². The predicted molar refractivity (Wildman–Crippen MR) is 69.6 cm³/mol. The van der Waals surface area contributed by atoms with Crippen LogP contribution in [0.25, 0.3) is 0 Å². The number of alkyl halides is 3. The lowest BCUT2D eigenvalue weighted by Gasteiger charge is -2.24. The molecule has 105 valence electrons. The van der Waals surface area contributed by atoms with Crippen molar-refractivity contribution < 1.29 is 13.2 Å². The molecule has 1 aromatic carbocycles. The standard InChI is InChI=1S/C13H17F3N3/c1-12(2,17)5-6-19-8-18-10-7-9(13(14,15)16)3-4-11(10)19/h3-4,7-8,18H,5-6,17H2,1-2H3. The van der Waals surface area contributed by atoms with Crippen LogP contribution in [0.15, 0.2) is 18.2 Å². The Labute approximate surface area is 110 Å². The van der Waals surface area contributed by atoms with Crippen molar-refractivity contribution in [2.45, 2.75) is 32.0 Å². The van der Waals surface area contributed by atoms with E-state index in [4.69, 9.17) is 5.73 Å². The molecule has 3 N–H and O–H groups in total. The molecule has 2 rings (SSSR count). The lowest BCUT2D eigenvalue weighted by Crippen LogP contribution is -2.36. The summed E-state index contributed by atoms with van der Waals surface area (Å²) in [6.45, 7) is 6.18. The summed E-state index contributed by atoms with van der Waals surface area (Å²) in [5.41, 5.74) is 6.18. The zero-order chi connectivity index (χ0) is 14.3. The Kier molecular flexibility index (Phi) is 3.38. The van der Waals surface area contributed by atoms with Gasteiger partial charge in [-0.1, -0.05) is 0 Å². The van der Waals surface area contributed by atoms with Crippen LogP contribution in [0.4, 0.5) is 24.5 Å². The smallest absolute Gasteiger partial charge is 0.360 e. The van der Waals surface area contributed by atoms with Crippen LogP contribution in [0.1, 0.15) is 25.8 Å². The summed E-state index contributed by atoms with van der Waals surface area (Å²) in [5, 5.41) is 2.86. The van der Waals surface area contributed by atoms with Gasteiger partial charge in [-0.3, -0.25) is 0 Å². The van der Waals surface area contributed by atoms with Gasteiger partial charge in [0.2, 0.25) is 0 Å². The van der Waals surface area contributed by atoms with E-state index < -0.39 is 11.7 Å². The van der Waals surface area contributed by atoms with E-state index in [1.807, 2.05) is 18.7 Å². The van der Waals surface area contributed by atoms with Crippen molar-refractivity contribution in [1.29, 1.82) is 0 Å². The normalized spacial score (nSPS) is 15.4. The van der Waals surface area contributed by atoms with Crippen molar-refractivity contribution in [2.24, 2.45) is 5.73 Å². The molecule has 0 saturated heterocycles. The second kappa shape index (κ2) is 4.59. The Bertz CT molecular complexity index is 463. The highest BCUT2D eigenvalue weighted by Crippen LogP contribution is 2.38. The molecule has 0 saturated carbocycles. The van der Waals surface area contributed by atoms with E-state index in [1.165, 1.54) is 6.07 Å². The highest BCUT2D eigenvalue weighted by atomic mass is 19.4. The van der Waals surface area contributed by atoms with Crippen LogP contribution in [0, 0.1) is 6.67 Å². The van der Waals surface area contributed by atoms with Crippen molar-refractivity contribution in [2.75, 3.05) is 16.8 Å². The van der Waals surface area contributed by atoms with Gasteiger partial charge in [0, 0.05) is 12.1 Å². The number of fused-ring (bicyclic) bond motifs is 1. The summed E-state index contributed by atoms with van der Waals surface area (Å²) in [7, 11) is 0. The van der Waals surface area contributed by atoms with E-state index in [2.05, 4.69) is 5.32 Å². The number of anilines is 2. The fraction of sp³-hybridized carbons (Fsp3) is 0.462. The SMILES string of the molecule is CC(C)(N)CCN1[CH]Nc2cc(C(F)(F)F)ccc21. The third kappa shape index (κ3) is 3.32. The van der Waals surface area contributed by atoms with Gasteiger partial charge >= 0.3 is 6.18 Å². The van der Waals surface area contributed by atoms with Crippen LogP contribution in [0.5, 0.6) is 0 Å². The molecule has 0 bridgehead atoms. The molecule has 0 aromatic heterocycles. The van der Waals surface area contributed by atoms with Gasteiger partial charge in [-0.05, 0) is 38.5 Å². The molecule has 0 spiro atoms. The molecule has 6 heteroatoms. The number of benzene rings is 1. The quantitative estimate of drug-likeness (QED) is 0.888. The van der Waals surface area contributed by atoms with Crippen LogP contribution in [0.3, 0.4) is 0 Å². The Morgan fingerprint density at radius 1 is 1.26 bits per heavy atom. The fourth-order valence-corrected chi connectivity index (χ4v) is 1.89. The highest BCUT2D eigenvalue weighted by molar-refractivity contribution is 5.77. The molecule has 1 aliphatic heterocycles. The average Bonchev–Trinajstić information content (AvgIpc) is 2.66. The number of nitrogens with two attached hydrogens (primary N) is 1. The maximum absolute atomic E-state index is 12.6. The Hall–Kier alpha value is -1.43. The second-order valence-electron chi connectivity index (χ2n) is 5.44. The highest BCUT2D eigenvalue weighted by Gasteiger charge is 2.32. The monoisotopic (exact) mass is 272 g/mol. The zero-order valence-corrected chi connectivity index (χ0v) is 10.9. The molecule has 0 aliphatic carbocycles. The predicted octanol–water partition coefficient (Wildman–Crippen LogP) is 3.18. The van der Waals surface area contributed by atoms with Crippen molar-refractivity contribution in [1.82, 2.24) is 0 Å². The molecule has 3 nitrogen and oxygen atoms in total. The first-order chi connectivity index (χ1) is 8.67. The first-order valence-electron chi connectivity index (χ1n) is 6.03. The van der Waals surface area contributed by atoms with E-state index >= 15 is 0 Å². The van der Waals surface area contributed by atoms with Gasteiger partial charge in [0.1, 0.15) is 6.67 Å².